The van der Waals surface area contributed by atoms with Crippen molar-refractivity contribution in [1.29, 1.82) is 0 Å². The Hall–Kier alpha value is -3.74. The topological polar surface area (TPSA) is 75.3 Å². The highest BCUT2D eigenvalue weighted by Crippen LogP contribution is 2.24. The van der Waals surface area contributed by atoms with Crippen LogP contribution in [0.2, 0.25) is 0 Å². The predicted octanol–water partition coefficient (Wildman–Crippen LogP) is 6.10. The van der Waals surface area contributed by atoms with Gasteiger partial charge in [-0.25, -0.2) is 8.42 Å². The van der Waals surface area contributed by atoms with Crippen LogP contribution < -0.4 is 10.0 Å². The van der Waals surface area contributed by atoms with E-state index in [2.05, 4.69) is 30.8 Å². The molecule has 0 radical (unpaired) electrons. The molecule has 0 fully saturated rings. The molecule has 0 spiro atoms. The normalized spacial score (nSPS) is 12.6. The van der Waals surface area contributed by atoms with Crippen LogP contribution in [0.5, 0.6) is 0 Å². The van der Waals surface area contributed by atoms with E-state index < -0.39 is 22.0 Å². The number of nitrogens with one attached hydrogen (secondary N) is 2. The van der Waals surface area contributed by atoms with E-state index in [-0.39, 0.29) is 16.7 Å². The van der Waals surface area contributed by atoms with Crippen LogP contribution in [0.15, 0.2) is 114 Å². The number of hydrogen-bond donors (Lipinski definition) is 2. The van der Waals surface area contributed by atoms with Crippen LogP contribution in [0, 0.1) is 0 Å². The van der Waals surface area contributed by atoms with Crippen LogP contribution in [0.4, 0.5) is 5.69 Å². The van der Waals surface area contributed by atoms with Gasteiger partial charge in [-0.2, -0.15) is 4.72 Å². The minimum absolute atomic E-state index is 0.0986. The summed E-state index contributed by atoms with van der Waals surface area (Å²) < 4.78 is 29.4. The number of rotatable bonds is 9. The van der Waals surface area contributed by atoms with Crippen molar-refractivity contribution in [2.75, 3.05) is 5.32 Å². The van der Waals surface area contributed by atoms with Gasteiger partial charge in [-0.3, -0.25) is 4.79 Å². The van der Waals surface area contributed by atoms with Crippen molar-refractivity contribution in [1.82, 2.24) is 4.72 Å². The van der Waals surface area contributed by atoms with E-state index in [1.807, 2.05) is 97.1 Å². The van der Waals surface area contributed by atoms with Crippen LogP contribution in [-0.2, 0) is 33.1 Å². The van der Waals surface area contributed by atoms with E-state index in [9.17, 15) is 13.2 Å². The molecule has 4 rings (SSSR count). The summed E-state index contributed by atoms with van der Waals surface area (Å²) >= 11 is 0. The number of anilines is 1. The number of amides is 1. The summed E-state index contributed by atoms with van der Waals surface area (Å²) in [7, 11) is -3.95. The van der Waals surface area contributed by atoms with Gasteiger partial charge in [-0.05, 0) is 58.7 Å². The third-order valence-corrected chi connectivity index (χ3v) is 7.93. The first kappa shape index (κ1) is 27.3. The lowest BCUT2D eigenvalue weighted by Gasteiger charge is -2.21. The van der Waals surface area contributed by atoms with Gasteiger partial charge in [0.1, 0.15) is 6.04 Å². The zero-order valence-electron chi connectivity index (χ0n) is 22.0. The Kier molecular flexibility index (Phi) is 8.45. The molecule has 4 aromatic rings. The van der Waals surface area contributed by atoms with Crippen molar-refractivity contribution < 1.29 is 13.2 Å². The van der Waals surface area contributed by atoms with Gasteiger partial charge in [-0.1, -0.05) is 112 Å². The second-order valence-electron chi connectivity index (χ2n) is 10.4. The number of sulfonamides is 1. The standard InChI is InChI=1S/C32H34N2O3S/c1-32(2,3)27-18-20-28(21-19-27)38(36,37)34-30(23-25-14-8-5-9-15-25)31(35)33-29-17-11-10-16-26(29)22-24-12-6-4-7-13-24/h4-21,30,34H,22-23H2,1-3H3,(H,33,35). The monoisotopic (exact) mass is 526 g/mol. The van der Waals surface area contributed by atoms with Crippen molar-refractivity contribution in [2.24, 2.45) is 0 Å². The predicted molar refractivity (Wildman–Crippen MR) is 154 cm³/mol. The molecule has 0 heterocycles. The first-order chi connectivity index (χ1) is 18.1. The third kappa shape index (κ3) is 7.18. The van der Waals surface area contributed by atoms with E-state index in [4.69, 9.17) is 0 Å². The molecule has 0 aliphatic heterocycles. The molecule has 0 aromatic heterocycles. The molecule has 4 aromatic carbocycles. The van der Waals surface area contributed by atoms with Crippen molar-refractivity contribution in [3.63, 3.8) is 0 Å². The molecule has 196 valence electrons. The maximum Gasteiger partial charge on any atom is 0.242 e. The fourth-order valence-electron chi connectivity index (χ4n) is 4.26. The molecule has 2 N–H and O–H groups in total. The Morgan fingerprint density at radius 3 is 1.89 bits per heavy atom. The van der Waals surface area contributed by atoms with Crippen molar-refractivity contribution in [3.05, 3.63) is 131 Å². The van der Waals surface area contributed by atoms with Gasteiger partial charge in [0, 0.05) is 5.69 Å². The maximum atomic E-state index is 13.6. The SMILES string of the molecule is CC(C)(C)c1ccc(S(=O)(=O)NC(Cc2ccccc2)C(=O)Nc2ccccc2Cc2ccccc2)cc1. The minimum atomic E-state index is -3.95. The molecule has 0 saturated heterocycles. The summed E-state index contributed by atoms with van der Waals surface area (Å²) in [5, 5.41) is 2.99. The van der Waals surface area contributed by atoms with E-state index in [0.717, 1.165) is 22.3 Å². The smallest absolute Gasteiger partial charge is 0.242 e. The Labute approximate surface area is 226 Å². The number of carbonyl (C=O) groups is 1. The van der Waals surface area contributed by atoms with Crippen molar-refractivity contribution in [3.8, 4) is 0 Å². The average molecular weight is 527 g/mol. The summed E-state index contributed by atoms with van der Waals surface area (Å²) in [6.45, 7) is 6.22. The second-order valence-corrected chi connectivity index (χ2v) is 12.2. The molecule has 0 aliphatic carbocycles. The number of hydrogen-bond acceptors (Lipinski definition) is 3. The van der Waals surface area contributed by atoms with E-state index in [1.54, 1.807) is 12.1 Å². The first-order valence-electron chi connectivity index (χ1n) is 12.7. The lowest BCUT2D eigenvalue weighted by Crippen LogP contribution is -2.45. The van der Waals surface area contributed by atoms with Gasteiger partial charge in [0.05, 0.1) is 4.90 Å². The molecule has 38 heavy (non-hydrogen) atoms. The molecule has 1 atom stereocenters. The summed E-state index contributed by atoms with van der Waals surface area (Å²) in [6, 6.07) is 32.8. The number of benzene rings is 4. The fraction of sp³-hybridized carbons (Fsp3) is 0.219. The second kappa shape index (κ2) is 11.8. The Morgan fingerprint density at radius 2 is 1.29 bits per heavy atom. The van der Waals surface area contributed by atoms with Gasteiger partial charge in [0.15, 0.2) is 0 Å². The van der Waals surface area contributed by atoms with E-state index in [1.165, 1.54) is 0 Å². The molecule has 6 heteroatoms. The highest BCUT2D eigenvalue weighted by Gasteiger charge is 2.27. The summed E-state index contributed by atoms with van der Waals surface area (Å²) in [4.78, 5) is 13.7. The lowest BCUT2D eigenvalue weighted by atomic mass is 9.87. The summed E-state index contributed by atoms with van der Waals surface area (Å²) in [5.41, 5.74) is 4.52. The maximum absolute atomic E-state index is 13.6. The molecule has 0 bridgehead atoms. The summed E-state index contributed by atoms with van der Waals surface area (Å²) in [6.07, 6.45) is 0.860. The van der Waals surface area contributed by atoms with E-state index in [0.29, 0.717) is 12.1 Å². The van der Waals surface area contributed by atoms with Crippen LogP contribution in [0.25, 0.3) is 0 Å². The Balaban J connectivity index is 1.59. The van der Waals surface area contributed by atoms with Crippen molar-refractivity contribution >= 4 is 21.6 Å². The highest BCUT2D eigenvalue weighted by molar-refractivity contribution is 7.89. The van der Waals surface area contributed by atoms with Crippen LogP contribution in [-0.4, -0.2) is 20.4 Å². The van der Waals surface area contributed by atoms with Gasteiger partial charge >= 0.3 is 0 Å². The van der Waals surface area contributed by atoms with Gasteiger partial charge in [0.2, 0.25) is 15.9 Å². The van der Waals surface area contributed by atoms with Crippen LogP contribution >= 0.6 is 0 Å². The fourth-order valence-corrected chi connectivity index (χ4v) is 5.45. The van der Waals surface area contributed by atoms with Gasteiger partial charge < -0.3 is 5.32 Å². The van der Waals surface area contributed by atoms with Crippen LogP contribution in [0.3, 0.4) is 0 Å². The minimum Gasteiger partial charge on any atom is -0.324 e. The molecular weight excluding hydrogens is 492 g/mol. The zero-order chi connectivity index (χ0) is 27.2. The summed E-state index contributed by atoms with van der Waals surface area (Å²) in [5.74, 6) is -0.413. The molecule has 0 aliphatic rings. The molecule has 1 unspecified atom stereocenters. The Morgan fingerprint density at radius 1 is 0.737 bits per heavy atom. The number of para-hydroxylation sites is 1. The van der Waals surface area contributed by atoms with E-state index >= 15 is 0 Å². The molecular formula is C32H34N2O3S. The van der Waals surface area contributed by atoms with Crippen molar-refractivity contribution in [2.45, 2.75) is 50.0 Å². The quantitative estimate of drug-likeness (QED) is 0.277. The molecule has 5 nitrogen and oxygen atoms in total. The van der Waals surface area contributed by atoms with Gasteiger partial charge in [0.25, 0.3) is 0 Å². The lowest BCUT2D eigenvalue weighted by molar-refractivity contribution is -0.117. The van der Waals surface area contributed by atoms with Crippen LogP contribution in [0.1, 0.15) is 43.0 Å². The first-order valence-corrected chi connectivity index (χ1v) is 14.2. The Bertz CT molecular complexity index is 1460. The highest BCUT2D eigenvalue weighted by atomic mass is 32.2. The number of carbonyl (C=O) groups excluding carboxylic acids is 1. The zero-order valence-corrected chi connectivity index (χ0v) is 22.8. The third-order valence-electron chi connectivity index (χ3n) is 6.44. The molecule has 1 amide bonds. The average Bonchev–Trinajstić information content (AvgIpc) is 2.90. The molecule has 0 saturated carbocycles. The largest absolute Gasteiger partial charge is 0.324 e. The van der Waals surface area contributed by atoms with Gasteiger partial charge in [-0.15, -0.1) is 0 Å².